The van der Waals surface area contributed by atoms with E-state index in [0.29, 0.717) is 0 Å². The molecule has 0 fully saturated rings. The summed E-state index contributed by atoms with van der Waals surface area (Å²) >= 11 is 0. The fourth-order valence-corrected chi connectivity index (χ4v) is 8.63. The molecule has 0 saturated heterocycles. The summed E-state index contributed by atoms with van der Waals surface area (Å²) in [5, 5.41) is 14.3. The molecule has 0 amide bonds. The van der Waals surface area contributed by atoms with Gasteiger partial charge >= 0.3 is 0 Å². The highest BCUT2D eigenvalue weighted by molar-refractivity contribution is 6.88. The van der Waals surface area contributed by atoms with Crippen molar-refractivity contribution in [2.75, 3.05) is 0 Å². The summed E-state index contributed by atoms with van der Waals surface area (Å²) in [6, 6.07) is 61.3. The molecular formula is C47H36Si. The summed E-state index contributed by atoms with van der Waals surface area (Å²) in [7, 11) is -1.57. The van der Waals surface area contributed by atoms with Crippen LogP contribution in [0, 0.1) is 0 Å². The third kappa shape index (κ3) is 4.90. The maximum absolute atomic E-state index is 2.44. The van der Waals surface area contributed by atoms with Crippen LogP contribution < -0.4 is 5.19 Å². The van der Waals surface area contributed by atoms with Crippen LogP contribution in [0.3, 0.4) is 0 Å². The van der Waals surface area contributed by atoms with Gasteiger partial charge in [-0.25, -0.2) is 0 Å². The largest absolute Gasteiger partial charge is 0.0776 e. The summed E-state index contributed by atoms with van der Waals surface area (Å²) in [5.41, 5.74) is 7.65. The molecule has 9 aromatic carbocycles. The van der Waals surface area contributed by atoms with Gasteiger partial charge in [0.25, 0.3) is 0 Å². The number of rotatable bonds is 4. The molecule has 228 valence electrons. The Bertz CT molecular complexity index is 2710. The SMILES string of the molecule is C[Si](C)(C)c1cc(-c2ccc3ccccc3c2)cc(-c2ccc3cc(-c4cc5c6ccccc6ccc5c5ccccc45)ccc3c2)c1. The van der Waals surface area contributed by atoms with Crippen LogP contribution in [0.1, 0.15) is 0 Å². The smallest absolute Gasteiger partial charge is 0.0656 e. The molecule has 0 aromatic heterocycles. The second-order valence-corrected chi connectivity index (χ2v) is 19.3. The van der Waals surface area contributed by atoms with Gasteiger partial charge in [-0.15, -0.1) is 0 Å². The zero-order valence-corrected chi connectivity index (χ0v) is 28.6. The molecule has 0 aliphatic carbocycles. The minimum absolute atomic E-state index is 1.25. The molecule has 0 heterocycles. The van der Waals surface area contributed by atoms with Crippen molar-refractivity contribution in [3.8, 4) is 33.4 Å². The molecule has 0 radical (unpaired) electrons. The van der Waals surface area contributed by atoms with Crippen molar-refractivity contribution < 1.29 is 0 Å². The molecule has 0 aliphatic heterocycles. The lowest BCUT2D eigenvalue weighted by Gasteiger charge is -2.20. The van der Waals surface area contributed by atoms with Crippen molar-refractivity contribution in [2.45, 2.75) is 19.6 Å². The van der Waals surface area contributed by atoms with Crippen LogP contribution in [0.15, 0.2) is 164 Å². The molecule has 0 unspecified atom stereocenters. The first-order chi connectivity index (χ1) is 23.4. The first kappa shape index (κ1) is 28.7. The molecule has 0 saturated carbocycles. The molecule has 0 nitrogen and oxygen atoms in total. The summed E-state index contributed by atoms with van der Waals surface area (Å²) in [6.45, 7) is 7.33. The topological polar surface area (TPSA) is 0 Å². The van der Waals surface area contributed by atoms with Gasteiger partial charge in [-0.3, -0.25) is 0 Å². The van der Waals surface area contributed by atoms with Crippen LogP contribution in [-0.4, -0.2) is 8.07 Å². The van der Waals surface area contributed by atoms with Crippen LogP contribution in [0.5, 0.6) is 0 Å². The van der Waals surface area contributed by atoms with Crippen LogP contribution in [-0.2, 0) is 0 Å². The standard InChI is InChI=1S/C47H36Si/c1-48(2,3)41-28-39(36-17-16-31-10-4-5-12-33(31)24-36)27-40(29-41)37-19-18-35-26-38(21-20-34(35)25-37)46-30-47-42-13-7-6-11-32(42)22-23-45(47)43-14-8-9-15-44(43)46/h4-30H,1-3H3. The van der Waals surface area contributed by atoms with Crippen molar-refractivity contribution in [3.63, 3.8) is 0 Å². The van der Waals surface area contributed by atoms with Crippen molar-refractivity contribution >= 4 is 67.1 Å². The molecule has 48 heavy (non-hydrogen) atoms. The summed E-state index contributed by atoms with van der Waals surface area (Å²) in [4.78, 5) is 0. The molecule has 1 heteroatoms. The minimum Gasteiger partial charge on any atom is -0.0656 e. The van der Waals surface area contributed by atoms with Gasteiger partial charge in [0.2, 0.25) is 0 Å². The lowest BCUT2D eigenvalue weighted by molar-refractivity contribution is 1.61. The van der Waals surface area contributed by atoms with E-state index < -0.39 is 8.07 Å². The first-order valence-corrected chi connectivity index (χ1v) is 20.4. The Morgan fingerprint density at radius 1 is 0.292 bits per heavy atom. The molecular weight excluding hydrogens is 593 g/mol. The van der Waals surface area contributed by atoms with Crippen LogP contribution in [0.2, 0.25) is 19.6 Å². The van der Waals surface area contributed by atoms with Crippen molar-refractivity contribution in [2.24, 2.45) is 0 Å². The molecule has 0 N–H and O–H groups in total. The van der Waals surface area contributed by atoms with Gasteiger partial charge in [-0.05, 0) is 118 Å². The summed E-state index contributed by atoms with van der Waals surface area (Å²) in [5.74, 6) is 0. The van der Waals surface area contributed by atoms with Gasteiger partial charge in [0, 0.05) is 0 Å². The number of hydrogen-bond donors (Lipinski definition) is 0. The second-order valence-electron chi connectivity index (χ2n) is 14.2. The van der Waals surface area contributed by atoms with E-state index in [-0.39, 0.29) is 0 Å². The molecule has 0 aliphatic rings. The normalized spacial score (nSPS) is 12.1. The zero-order chi connectivity index (χ0) is 32.4. The van der Waals surface area contributed by atoms with Crippen LogP contribution >= 0.6 is 0 Å². The van der Waals surface area contributed by atoms with E-state index in [1.807, 2.05) is 0 Å². The lowest BCUT2D eigenvalue weighted by atomic mass is 9.90. The van der Waals surface area contributed by atoms with Crippen molar-refractivity contribution in [1.29, 1.82) is 0 Å². The van der Waals surface area contributed by atoms with E-state index in [1.165, 1.54) is 92.4 Å². The Morgan fingerprint density at radius 2 is 0.771 bits per heavy atom. The maximum Gasteiger partial charge on any atom is 0.0776 e. The van der Waals surface area contributed by atoms with E-state index in [4.69, 9.17) is 0 Å². The summed E-state index contributed by atoms with van der Waals surface area (Å²) in [6.07, 6.45) is 0. The molecule has 9 rings (SSSR count). The van der Waals surface area contributed by atoms with Gasteiger partial charge in [0.1, 0.15) is 0 Å². The molecule has 0 spiro atoms. The Hall–Kier alpha value is -5.50. The highest BCUT2D eigenvalue weighted by Gasteiger charge is 2.19. The number of hydrogen-bond acceptors (Lipinski definition) is 0. The van der Waals surface area contributed by atoms with E-state index in [1.54, 1.807) is 0 Å². The van der Waals surface area contributed by atoms with Gasteiger partial charge in [0.15, 0.2) is 0 Å². The van der Waals surface area contributed by atoms with Gasteiger partial charge in [-0.2, -0.15) is 0 Å². The van der Waals surface area contributed by atoms with Crippen LogP contribution in [0.25, 0.3) is 87.2 Å². The fraction of sp³-hybridized carbons (Fsp3) is 0.0638. The molecule has 0 atom stereocenters. The minimum atomic E-state index is -1.57. The third-order valence-electron chi connectivity index (χ3n) is 10.1. The quantitative estimate of drug-likeness (QED) is 0.134. The van der Waals surface area contributed by atoms with E-state index in [0.717, 1.165) is 0 Å². The Kier molecular flexibility index (Phi) is 6.60. The fourth-order valence-electron chi connectivity index (χ4n) is 7.46. The second kappa shape index (κ2) is 11.0. The Morgan fingerprint density at radius 3 is 1.46 bits per heavy atom. The zero-order valence-electron chi connectivity index (χ0n) is 27.6. The average Bonchev–Trinajstić information content (AvgIpc) is 3.13. The average molecular weight is 629 g/mol. The van der Waals surface area contributed by atoms with Gasteiger partial charge in [-0.1, -0.05) is 158 Å². The van der Waals surface area contributed by atoms with Gasteiger partial charge in [0.05, 0.1) is 8.07 Å². The van der Waals surface area contributed by atoms with Crippen molar-refractivity contribution in [1.82, 2.24) is 0 Å². The number of benzene rings is 9. The summed E-state index contributed by atoms with van der Waals surface area (Å²) < 4.78 is 0. The third-order valence-corrected chi connectivity index (χ3v) is 12.2. The highest BCUT2D eigenvalue weighted by Crippen LogP contribution is 2.39. The predicted molar refractivity (Wildman–Crippen MR) is 213 cm³/mol. The monoisotopic (exact) mass is 628 g/mol. The number of fused-ring (bicyclic) bond motifs is 7. The highest BCUT2D eigenvalue weighted by atomic mass is 28.3. The van der Waals surface area contributed by atoms with Gasteiger partial charge < -0.3 is 0 Å². The first-order valence-electron chi connectivity index (χ1n) is 16.9. The Labute approximate surface area is 282 Å². The van der Waals surface area contributed by atoms with Crippen LogP contribution in [0.4, 0.5) is 0 Å². The van der Waals surface area contributed by atoms with E-state index >= 15 is 0 Å². The molecule has 9 aromatic rings. The van der Waals surface area contributed by atoms with E-state index in [2.05, 4.69) is 183 Å². The van der Waals surface area contributed by atoms with E-state index in [9.17, 15) is 0 Å². The lowest BCUT2D eigenvalue weighted by Crippen LogP contribution is -2.37. The van der Waals surface area contributed by atoms with Crippen molar-refractivity contribution in [3.05, 3.63) is 164 Å². The maximum atomic E-state index is 2.44. The Balaban J connectivity index is 1.17. The molecule has 0 bridgehead atoms. The predicted octanol–water partition coefficient (Wildman–Crippen LogP) is 13.0.